The molecule has 1 saturated heterocycles. The molecule has 3 N–H and O–H groups in total. The summed E-state index contributed by atoms with van der Waals surface area (Å²) in [6.45, 7) is 9.70. The van der Waals surface area contributed by atoms with E-state index in [9.17, 15) is 9.59 Å². The number of nitrogens with zero attached hydrogens (tertiary/aromatic N) is 2. The molecular formula is C24H33N5O2. The average molecular weight is 424 g/mol. The summed E-state index contributed by atoms with van der Waals surface area (Å²) in [5.41, 5.74) is 3.59. The molecule has 2 aromatic rings. The van der Waals surface area contributed by atoms with Gasteiger partial charge in [-0.15, -0.1) is 0 Å². The van der Waals surface area contributed by atoms with E-state index >= 15 is 0 Å². The quantitative estimate of drug-likeness (QED) is 0.640. The number of hydrogen-bond donors (Lipinski definition) is 3. The van der Waals surface area contributed by atoms with Crippen LogP contribution in [-0.2, 0) is 4.79 Å². The number of pyridine rings is 1. The first-order chi connectivity index (χ1) is 14.9. The smallest absolute Gasteiger partial charge is 0.323 e. The van der Waals surface area contributed by atoms with Crippen LogP contribution in [0.3, 0.4) is 0 Å². The average Bonchev–Trinajstić information content (AvgIpc) is 2.76. The van der Waals surface area contributed by atoms with Gasteiger partial charge in [0, 0.05) is 30.7 Å². The van der Waals surface area contributed by atoms with Crippen molar-refractivity contribution in [3.63, 3.8) is 0 Å². The number of hydrogen-bond acceptors (Lipinski definition) is 4. The molecule has 1 atom stereocenters. The summed E-state index contributed by atoms with van der Waals surface area (Å²) in [7, 11) is 0. The lowest BCUT2D eigenvalue weighted by atomic mass is 9.95. The van der Waals surface area contributed by atoms with Crippen molar-refractivity contribution in [1.82, 2.24) is 10.3 Å². The molecule has 1 aromatic carbocycles. The topological polar surface area (TPSA) is 86.4 Å². The molecule has 2 heterocycles. The first-order valence-electron chi connectivity index (χ1n) is 11.0. The van der Waals surface area contributed by atoms with Gasteiger partial charge in [-0.05, 0) is 63.8 Å². The van der Waals surface area contributed by atoms with Crippen molar-refractivity contribution in [3.05, 3.63) is 47.7 Å². The predicted molar refractivity (Wildman–Crippen MR) is 126 cm³/mol. The van der Waals surface area contributed by atoms with Crippen molar-refractivity contribution in [2.24, 2.45) is 5.92 Å². The van der Waals surface area contributed by atoms with Crippen LogP contribution in [-0.4, -0.2) is 36.1 Å². The van der Waals surface area contributed by atoms with Crippen LogP contribution < -0.4 is 20.9 Å². The Morgan fingerprint density at radius 1 is 1.13 bits per heavy atom. The second-order valence-corrected chi connectivity index (χ2v) is 8.38. The molecule has 3 amide bonds. The van der Waals surface area contributed by atoms with Gasteiger partial charge in [0.25, 0.3) is 0 Å². The molecule has 0 saturated carbocycles. The van der Waals surface area contributed by atoms with Crippen LogP contribution in [0.15, 0.2) is 36.5 Å². The third-order valence-corrected chi connectivity index (χ3v) is 5.83. The minimum Gasteiger partial charge on any atom is -0.357 e. The number of benzene rings is 1. The van der Waals surface area contributed by atoms with Crippen LogP contribution in [0.4, 0.5) is 22.0 Å². The molecular weight excluding hydrogens is 390 g/mol. The standard InChI is InChI=1S/C24H33N5O2/c1-5-18(4)26-23(30)19-10-12-29(13-11-19)22-9-7-20(15-25-22)27-24(31)28-21-8-6-16(2)14-17(21)3/h6-9,14-15,18-19H,5,10-13H2,1-4H3,(H,26,30)(H2,27,28,31). The maximum Gasteiger partial charge on any atom is 0.323 e. The Balaban J connectivity index is 1.50. The Labute approximate surface area is 184 Å². The Kier molecular flexibility index (Phi) is 7.50. The number of piperidine rings is 1. The van der Waals surface area contributed by atoms with Gasteiger partial charge in [0.1, 0.15) is 5.82 Å². The highest BCUT2D eigenvalue weighted by Crippen LogP contribution is 2.23. The molecule has 0 bridgehead atoms. The van der Waals surface area contributed by atoms with Crippen LogP contribution in [0.5, 0.6) is 0 Å². The molecule has 1 aliphatic rings. The van der Waals surface area contributed by atoms with Gasteiger partial charge in [0.2, 0.25) is 5.91 Å². The van der Waals surface area contributed by atoms with E-state index in [2.05, 4.69) is 32.8 Å². The molecule has 1 unspecified atom stereocenters. The number of aryl methyl sites for hydroxylation is 2. The molecule has 0 radical (unpaired) electrons. The first-order valence-corrected chi connectivity index (χ1v) is 11.0. The lowest BCUT2D eigenvalue weighted by molar-refractivity contribution is -0.126. The normalized spacial score (nSPS) is 15.3. The van der Waals surface area contributed by atoms with Crippen LogP contribution in [0.25, 0.3) is 0 Å². The monoisotopic (exact) mass is 423 g/mol. The first kappa shape index (κ1) is 22.6. The summed E-state index contributed by atoms with van der Waals surface area (Å²) in [6.07, 6.45) is 4.25. The number of carbonyl (C=O) groups is 2. The van der Waals surface area contributed by atoms with Crippen molar-refractivity contribution < 1.29 is 9.59 Å². The molecule has 0 aliphatic carbocycles. The zero-order chi connectivity index (χ0) is 22.4. The maximum atomic E-state index is 12.3. The van der Waals surface area contributed by atoms with E-state index in [1.807, 2.05) is 51.1 Å². The minimum atomic E-state index is -0.297. The lowest BCUT2D eigenvalue weighted by Crippen LogP contribution is -2.43. The Morgan fingerprint density at radius 2 is 1.87 bits per heavy atom. The van der Waals surface area contributed by atoms with Gasteiger partial charge >= 0.3 is 6.03 Å². The number of rotatable bonds is 6. The van der Waals surface area contributed by atoms with Crippen LogP contribution >= 0.6 is 0 Å². The Morgan fingerprint density at radius 3 is 2.48 bits per heavy atom. The molecule has 3 rings (SSSR count). The van der Waals surface area contributed by atoms with Crippen molar-refractivity contribution >= 4 is 29.1 Å². The number of urea groups is 1. The van der Waals surface area contributed by atoms with E-state index in [0.717, 1.165) is 55.0 Å². The molecule has 7 nitrogen and oxygen atoms in total. The summed E-state index contributed by atoms with van der Waals surface area (Å²) in [5.74, 6) is 1.09. The van der Waals surface area contributed by atoms with Gasteiger partial charge in [0.15, 0.2) is 0 Å². The van der Waals surface area contributed by atoms with Crippen molar-refractivity contribution in [2.45, 2.75) is 53.0 Å². The zero-order valence-electron chi connectivity index (χ0n) is 18.9. The highest BCUT2D eigenvalue weighted by Gasteiger charge is 2.26. The fraction of sp³-hybridized carbons (Fsp3) is 0.458. The molecule has 0 spiro atoms. The van der Waals surface area contributed by atoms with E-state index in [1.165, 1.54) is 0 Å². The second-order valence-electron chi connectivity index (χ2n) is 8.38. The number of carbonyl (C=O) groups excluding carboxylic acids is 2. The van der Waals surface area contributed by atoms with Crippen LogP contribution in [0.2, 0.25) is 0 Å². The van der Waals surface area contributed by atoms with E-state index in [1.54, 1.807) is 6.20 Å². The molecule has 166 valence electrons. The van der Waals surface area contributed by atoms with E-state index in [-0.39, 0.29) is 23.9 Å². The van der Waals surface area contributed by atoms with Gasteiger partial charge in [-0.25, -0.2) is 9.78 Å². The molecule has 1 fully saturated rings. The molecule has 1 aromatic heterocycles. The van der Waals surface area contributed by atoms with E-state index in [4.69, 9.17) is 0 Å². The third kappa shape index (κ3) is 6.20. The SMILES string of the molecule is CCC(C)NC(=O)C1CCN(c2ccc(NC(=O)Nc3ccc(C)cc3C)cn2)CC1. The van der Waals surface area contributed by atoms with Gasteiger partial charge in [-0.2, -0.15) is 0 Å². The van der Waals surface area contributed by atoms with Crippen molar-refractivity contribution in [1.29, 1.82) is 0 Å². The number of amides is 3. The van der Waals surface area contributed by atoms with Gasteiger partial charge in [-0.3, -0.25) is 4.79 Å². The highest BCUT2D eigenvalue weighted by atomic mass is 16.2. The third-order valence-electron chi connectivity index (χ3n) is 5.83. The van der Waals surface area contributed by atoms with E-state index < -0.39 is 0 Å². The van der Waals surface area contributed by atoms with Gasteiger partial charge < -0.3 is 20.9 Å². The number of anilines is 3. The summed E-state index contributed by atoms with van der Waals surface area (Å²) in [4.78, 5) is 31.3. The van der Waals surface area contributed by atoms with Crippen molar-refractivity contribution in [3.8, 4) is 0 Å². The summed E-state index contributed by atoms with van der Waals surface area (Å²) in [5, 5.41) is 8.78. The zero-order valence-corrected chi connectivity index (χ0v) is 18.9. The summed E-state index contributed by atoms with van der Waals surface area (Å²) < 4.78 is 0. The van der Waals surface area contributed by atoms with E-state index in [0.29, 0.717) is 5.69 Å². The predicted octanol–water partition coefficient (Wildman–Crippen LogP) is 4.47. The van der Waals surface area contributed by atoms with Crippen molar-refractivity contribution in [2.75, 3.05) is 28.6 Å². The fourth-order valence-electron chi connectivity index (χ4n) is 3.72. The van der Waals surface area contributed by atoms with Crippen LogP contribution in [0.1, 0.15) is 44.2 Å². The summed E-state index contributed by atoms with van der Waals surface area (Å²) >= 11 is 0. The molecule has 31 heavy (non-hydrogen) atoms. The fourth-order valence-corrected chi connectivity index (χ4v) is 3.72. The number of nitrogens with one attached hydrogen (secondary N) is 3. The van der Waals surface area contributed by atoms with Crippen LogP contribution in [0, 0.1) is 19.8 Å². The molecule has 1 aliphatic heterocycles. The largest absolute Gasteiger partial charge is 0.357 e. The summed E-state index contributed by atoms with van der Waals surface area (Å²) in [6, 6.07) is 9.59. The maximum absolute atomic E-state index is 12.3. The Bertz CT molecular complexity index is 905. The Hall–Kier alpha value is -3.09. The lowest BCUT2D eigenvalue weighted by Gasteiger charge is -2.32. The van der Waals surface area contributed by atoms with Gasteiger partial charge in [-0.1, -0.05) is 24.6 Å². The highest BCUT2D eigenvalue weighted by molar-refractivity contribution is 6.00. The second kappa shape index (κ2) is 10.3. The minimum absolute atomic E-state index is 0.0696. The van der Waals surface area contributed by atoms with Gasteiger partial charge in [0.05, 0.1) is 11.9 Å². The molecule has 7 heteroatoms. The number of aromatic nitrogens is 1.